The van der Waals surface area contributed by atoms with Gasteiger partial charge in [0.1, 0.15) is 0 Å². The molecule has 0 aromatic heterocycles. The highest BCUT2D eigenvalue weighted by molar-refractivity contribution is 5.76. The van der Waals surface area contributed by atoms with E-state index in [2.05, 4.69) is 39.7 Å². The zero-order valence-electron chi connectivity index (χ0n) is 13.9. The lowest BCUT2D eigenvalue weighted by atomic mass is 9.99. The Kier molecular flexibility index (Phi) is 5.27. The van der Waals surface area contributed by atoms with Crippen LogP contribution in [-0.4, -0.2) is 24.7 Å². The number of fused-ring (bicyclic) bond motifs is 1. The van der Waals surface area contributed by atoms with Crippen molar-refractivity contribution in [1.82, 2.24) is 5.32 Å². The molecule has 1 aromatic carbocycles. The van der Waals surface area contributed by atoms with Gasteiger partial charge in [-0.25, -0.2) is 0 Å². The van der Waals surface area contributed by atoms with Crippen LogP contribution in [-0.2, 0) is 29.0 Å². The lowest BCUT2D eigenvalue weighted by molar-refractivity contribution is -0.121. The zero-order valence-corrected chi connectivity index (χ0v) is 13.9. The number of benzene rings is 1. The molecule has 2 aliphatic rings. The molecule has 0 spiro atoms. The molecule has 126 valence electrons. The van der Waals surface area contributed by atoms with Crippen molar-refractivity contribution < 1.29 is 9.53 Å². The van der Waals surface area contributed by atoms with Crippen molar-refractivity contribution in [3.8, 4) is 12.3 Å². The van der Waals surface area contributed by atoms with Crippen LogP contribution >= 0.6 is 0 Å². The summed E-state index contributed by atoms with van der Waals surface area (Å²) in [7, 11) is 0. The highest BCUT2D eigenvalue weighted by Crippen LogP contribution is 2.37. The number of terminal acetylenes is 1. The van der Waals surface area contributed by atoms with Gasteiger partial charge in [0.25, 0.3) is 0 Å². The Labute approximate surface area is 142 Å². The third-order valence-electron chi connectivity index (χ3n) is 4.58. The molecule has 0 atom stereocenters. The van der Waals surface area contributed by atoms with E-state index in [4.69, 9.17) is 11.2 Å². The van der Waals surface area contributed by atoms with Crippen LogP contribution < -0.4 is 5.32 Å². The highest BCUT2D eigenvalue weighted by Gasteiger charge is 2.39. The second-order valence-corrected chi connectivity index (χ2v) is 6.39. The first-order valence-corrected chi connectivity index (χ1v) is 8.53. The zero-order chi connectivity index (χ0) is 16.8. The van der Waals surface area contributed by atoms with Crippen LogP contribution in [0.1, 0.15) is 42.4 Å². The van der Waals surface area contributed by atoms with Gasteiger partial charge in [0, 0.05) is 32.2 Å². The fourth-order valence-electron chi connectivity index (χ4n) is 2.99. The van der Waals surface area contributed by atoms with Crippen molar-refractivity contribution in [2.45, 2.75) is 50.8 Å². The molecule has 2 heterocycles. The van der Waals surface area contributed by atoms with Crippen molar-refractivity contribution in [3.63, 3.8) is 0 Å². The molecule has 0 fully saturated rings. The van der Waals surface area contributed by atoms with Gasteiger partial charge in [0.2, 0.25) is 5.91 Å². The second-order valence-electron chi connectivity index (χ2n) is 6.39. The van der Waals surface area contributed by atoms with Gasteiger partial charge >= 0.3 is 0 Å². The number of carbonyl (C=O) groups excluding carboxylic acids is 1. The molecule has 0 radical (unpaired) electrons. The van der Waals surface area contributed by atoms with Gasteiger partial charge in [-0.2, -0.15) is 10.2 Å². The minimum absolute atomic E-state index is 0.0497. The van der Waals surface area contributed by atoms with Crippen LogP contribution in [0.4, 0.5) is 0 Å². The Hall–Kier alpha value is -2.19. The number of ether oxygens (including phenoxy) is 1. The Bertz CT molecular complexity index is 670. The summed E-state index contributed by atoms with van der Waals surface area (Å²) in [6.07, 6.45) is 9.56. The van der Waals surface area contributed by atoms with Crippen LogP contribution in [0.5, 0.6) is 0 Å². The van der Waals surface area contributed by atoms with E-state index in [1.807, 2.05) is 0 Å². The normalized spacial score (nSPS) is 17.0. The third kappa shape index (κ3) is 4.42. The molecule has 0 saturated carbocycles. The summed E-state index contributed by atoms with van der Waals surface area (Å²) >= 11 is 0. The maximum Gasteiger partial charge on any atom is 0.220 e. The molecule has 0 unspecified atom stereocenters. The molecule has 1 N–H and O–H groups in total. The Morgan fingerprint density at radius 2 is 2.21 bits per heavy atom. The minimum atomic E-state index is -0.373. The SMILES string of the molecule is C#CCCC1(CCC(=O)NCCc2ccc3c(c2)COCC3)N=N1. The predicted molar refractivity (Wildman–Crippen MR) is 91.4 cm³/mol. The van der Waals surface area contributed by atoms with Crippen molar-refractivity contribution in [1.29, 1.82) is 0 Å². The molecular formula is C19H23N3O2. The van der Waals surface area contributed by atoms with E-state index in [0.717, 1.165) is 25.9 Å². The molecule has 5 nitrogen and oxygen atoms in total. The topological polar surface area (TPSA) is 63.0 Å². The Morgan fingerprint density at radius 1 is 1.33 bits per heavy atom. The highest BCUT2D eigenvalue weighted by atomic mass is 16.5. The summed E-state index contributed by atoms with van der Waals surface area (Å²) < 4.78 is 5.49. The van der Waals surface area contributed by atoms with Gasteiger partial charge in [-0.3, -0.25) is 4.79 Å². The van der Waals surface area contributed by atoms with E-state index in [0.29, 0.717) is 32.4 Å². The average Bonchev–Trinajstić information content (AvgIpc) is 3.38. The molecule has 1 aromatic rings. The van der Waals surface area contributed by atoms with Gasteiger partial charge in [-0.15, -0.1) is 12.3 Å². The van der Waals surface area contributed by atoms with Gasteiger partial charge in [0.05, 0.1) is 13.2 Å². The fourth-order valence-corrected chi connectivity index (χ4v) is 2.99. The molecule has 24 heavy (non-hydrogen) atoms. The van der Waals surface area contributed by atoms with E-state index in [-0.39, 0.29) is 11.6 Å². The molecule has 0 aliphatic carbocycles. The lowest BCUT2D eigenvalue weighted by Crippen LogP contribution is -2.27. The van der Waals surface area contributed by atoms with Crippen molar-refractivity contribution in [3.05, 3.63) is 34.9 Å². The summed E-state index contributed by atoms with van der Waals surface area (Å²) in [6.45, 7) is 2.15. The summed E-state index contributed by atoms with van der Waals surface area (Å²) in [4.78, 5) is 12.0. The van der Waals surface area contributed by atoms with E-state index >= 15 is 0 Å². The number of hydrogen-bond acceptors (Lipinski definition) is 4. The fraction of sp³-hybridized carbons (Fsp3) is 0.526. The van der Waals surface area contributed by atoms with Crippen LogP contribution in [0, 0.1) is 12.3 Å². The maximum absolute atomic E-state index is 12.0. The Morgan fingerprint density at radius 3 is 3.00 bits per heavy atom. The number of nitrogens with one attached hydrogen (secondary N) is 1. The van der Waals surface area contributed by atoms with Gasteiger partial charge < -0.3 is 10.1 Å². The van der Waals surface area contributed by atoms with Gasteiger partial charge in [0.15, 0.2) is 5.66 Å². The number of nitrogens with zero attached hydrogens (tertiary/aromatic N) is 2. The first kappa shape index (κ1) is 16.7. The maximum atomic E-state index is 12.0. The quantitative estimate of drug-likeness (QED) is 0.747. The van der Waals surface area contributed by atoms with Crippen molar-refractivity contribution in [2.24, 2.45) is 10.2 Å². The monoisotopic (exact) mass is 325 g/mol. The largest absolute Gasteiger partial charge is 0.376 e. The first-order chi connectivity index (χ1) is 11.7. The summed E-state index contributed by atoms with van der Waals surface area (Å²) in [5.74, 6) is 2.65. The molecule has 0 saturated heterocycles. The van der Waals surface area contributed by atoms with E-state index < -0.39 is 0 Å². The number of hydrogen-bond donors (Lipinski definition) is 1. The smallest absolute Gasteiger partial charge is 0.220 e. The van der Waals surface area contributed by atoms with E-state index in [1.54, 1.807) is 0 Å². The summed E-state index contributed by atoms with van der Waals surface area (Å²) in [6, 6.07) is 6.52. The lowest BCUT2D eigenvalue weighted by Gasteiger charge is -2.17. The van der Waals surface area contributed by atoms with Crippen LogP contribution in [0.2, 0.25) is 0 Å². The van der Waals surface area contributed by atoms with Crippen LogP contribution in [0.15, 0.2) is 28.4 Å². The standard InChI is InChI=1S/C19H23N3O2/c1-2-3-9-19(21-22-19)10-6-18(23)20-11-7-15-4-5-16-8-12-24-14-17(16)13-15/h1,4-5,13H,3,6-12,14H2,(H,20,23). The molecule has 3 rings (SSSR count). The van der Waals surface area contributed by atoms with E-state index in [1.165, 1.54) is 16.7 Å². The summed E-state index contributed by atoms with van der Waals surface area (Å²) in [5, 5.41) is 11.1. The molecule has 2 aliphatic heterocycles. The molecular weight excluding hydrogens is 302 g/mol. The second kappa shape index (κ2) is 7.59. The third-order valence-corrected chi connectivity index (χ3v) is 4.58. The predicted octanol–water partition coefficient (Wildman–Crippen LogP) is 2.77. The van der Waals surface area contributed by atoms with Crippen LogP contribution in [0.3, 0.4) is 0 Å². The first-order valence-electron chi connectivity index (χ1n) is 8.53. The van der Waals surface area contributed by atoms with Crippen molar-refractivity contribution in [2.75, 3.05) is 13.2 Å². The number of rotatable bonds is 8. The Balaban J connectivity index is 1.37. The van der Waals surface area contributed by atoms with Crippen molar-refractivity contribution >= 4 is 5.91 Å². The molecule has 0 bridgehead atoms. The van der Waals surface area contributed by atoms with Crippen LogP contribution in [0.25, 0.3) is 0 Å². The van der Waals surface area contributed by atoms with E-state index in [9.17, 15) is 4.79 Å². The molecule has 5 heteroatoms. The van der Waals surface area contributed by atoms with Gasteiger partial charge in [-0.1, -0.05) is 18.2 Å². The summed E-state index contributed by atoms with van der Waals surface area (Å²) in [5.41, 5.74) is 3.51. The molecule has 1 amide bonds. The minimum Gasteiger partial charge on any atom is -0.376 e. The average molecular weight is 325 g/mol. The number of amides is 1. The number of carbonyl (C=O) groups is 1. The van der Waals surface area contributed by atoms with Gasteiger partial charge in [-0.05, 0) is 29.5 Å².